The molecule has 6 nitrogen and oxygen atoms in total. The number of nitrogens with zero attached hydrogens (tertiary/aromatic N) is 2. The largest absolute Gasteiger partial charge is 0.295 e. The zero-order valence-corrected chi connectivity index (χ0v) is 17.5. The minimum atomic E-state index is -3.34. The minimum Gasteiger partial charge on any atom is -0.295 e. The quantitative estimate of drug-likeness (QED) is 0.468. The second kappa shape index (κ2) is 8.20. The molecule has 0 atom stereocenters. The summed E-state index contributed by atoms with van der Waals surface area (Å²) >= 11 is 1.37. The van der Waals surface area contributed by atoms with Crippen LogP contribution in [0.5, 0.6) is 0 Å². The molecule has 0 bridgehead atoms. The van der Waals surface area contributed by atoms with Crippen LogP contribution in [-0.2, 0) is 10.0 Å². The van der Waals surface area contributed by atoms with Crippen LogP contribution in [0.2, 0.25) is 0 Å². The summed E-state index contributed by atoms with van der Waals surface area (Å²) in [5, 5.41) is 0.744. The van der Waals surface area contributed by atoms with Gasteiger partial charge in [0.2, 0.25) is 10.0 Å². The molecule has 0 saturated carbocycles. The van der Waals surface area contributed by atoms with E-state index in [1.807, 2.05) is 24.6 Å². The molecule has 0 aliphatic rings. The van der Waals surface area contributed by atoms with E-state index in [4.69, 9.17) is 0 Å². The maximum absolute atomic E-state index is 12.5. The molecule has 3 aromatic rings. The number of hydrogen-bond donors (Lipinski definition) is 1. The molecule has 2 aromatic carbocycles. The molecule has 0 aliphatic carbocycles. The van der Waals surface area contributed by atoms with E-state index in [-0.39, 0.29) is 11.5 Å². The summed E-state index contributed by atoms with van der Waals surface area (Å²) in [5.41, 5.74) is 4.30. The third kappa shape index (κ3) is 5.24. The molecule has 1 aromatic heterocycles. The third-order valence-electron chi connectivity index (χ3n) is 3.93. The highest BCUT2D eigenvalue weighted by Gasteiger charge is 2.12. The van der Waals surface area contributed by atoms with Crippen molar-refractivity contribution in [3.63, 3.8) is 0 Å². The minimum absolute atomic E-state index is 0.0501. The standard InChI is InChI=1S/C20H21N3O3S2/c1-14-10-15(2)12-18(11-14)23-9-8-21-20(23)27-13-19(24)16-4-6-17(7-5-16)22-28(3,25)26/h4-12,22H,13H2,1-3H3. The summed E-state index contributed by atoms with van der Waals surface area (Å²) in [6.45, 7) is 4.10. The lowest BCUT2D eigenvalue weighted by Crippen LogP contribution is -2.10. The zero-order chi connectivity index (χ0) is 20.3. The smallest absolute Gasteiger partial charge is 0.229 e. The van der Waals surface area contributed by atoms with Gasteiger partial charge in [-0.3, -0.25) is 14.1 Å². The van der Waals surface area contributed by atoms with Crippen molar-refractivity contribution in [2.45, 2.75) is 19.0 Å². The van der Waals surface area contributed by atoms with Crippen LogP contribution in [0.3, 0.4) is 0 Å². The first-order valence-corrected chi connectivity index (χ1v) is 11.4. The molecule has 1 heterocycles. The summed E-state index contributed by atoms with van der Waals surface area (Å²) < 4.78 is 26.9. The van der Waals surface area contributed by atoms with Gasteiger partial charge in [0.25, 0.3) is 0 Å². The van der Waals surface area contributed by atoms with Crippen LogP contribution in [-0.4, -0.2) is 35.8 Å². The van der Waals surface area contributed by atoms with Crippen LogP contribution in [0.1, 0.15) is 21.5 Å². The molecule has 0 saturated heterocycles. The summed E-state index contributed by atoms with van der Waals surface area (Å²) in [5.74, 6) is 0.187. The Kier molecular flexibility index (Phi) is 5.90. The lowest BCUT2D eigenvalue weighted by atomic mass is 10.1. The normalized spacial score (nSPS) is 11.4. The van der Waals surface area contributed by atoms with Gasteiger partial charge in [0.15, 0.2) is 10.9 Å². The van der Waals surface area contributed by atoms with Crippen LogP contribution in [0, 0.1) is 13.8 Å². The van der Waals surface area contributed by atoms with Crippen LogP contribution < -0.4 is 4.72 Å². The van der Waals surface area contributed by atoms with Crippen LogP contribution in [0.15, 0.2) is 60.0 Å². The Hall–Kier alpha value is -2.58. The fraction of sp³-hybridized carbons (Fsp3) is 0.200. The fourth-order valence-electron chi connectivity index (χ4n) is 2.83. The van der Waals surface area contributed by atoms with Crippen molar-refractivity contribution < 1.29 is 13.2 Å². The molecule has 0 fully saturated rings. The third-order valence-corrected chi connectivity index (χ3v) is 5.51. The van der Waals surface area contributed by atoms with Gasteiger partial charge in [-0.05, 0) is 61.4 Å². The highest BCUT2D eigenvalue weighted by atomic mass is 32.2. The van der Waals surface area contributed by atoms with E-state index in [9.17, 15) is 13.2 Å². The van der Waals surface area contributed by atoms with Crippen molar-refractivity contribution >= 4 is 33.3 Å². The zero-order valence-electron chi connectivity index (χ0n) is 15.8. The van der Waals surface area contributed by atoms with Gasteiger partial charge in [0.05, 0.1) is 12.0 Å². The number of thioether (sulfide) groups is 1. The molecule has 0 radical (unpaired) electrons. The molecule has 0 unspecified atom stereocenters. The number of aromatic nitrogens is 2. The van der Waals surface area contributed by atoms with E-state index in [2.05, 4.69) is 27.9 Å². The van der Waals surface area contributed by atoms with Gasteiger partial charge < -0.3 is 0 Å². The Morgan fingerprint density at radius 1 is 1.11 bits per heavy atom. The summed E-state index contributed by atoms with van der Waals surface area (Å²) in [6.07, 6.45) is 4.68. The van der Waals surface area contributed by atoms with E-state index in [1.165, 1.54) is 22.9 Å². The lowest BCUT2D eigenvalue weighted by molar-refractivity contribution is 0.102. The van der Waals surface area contributed by atoms with Crippen molar-refractivity contribution in [3.8, 4) is 5.69 Å². The number of imidazole rings is 1. The van der Waals surface area contributed by atoms with Gasteiger partial charge in [0.1, 0.15) is 0 Å². The SMILES string of the molecule is Cc1cc(C)cc(-n2ccnc2SCC(=O)c2ccc(NS(C)(=O)=O)cc2)c1. The number of anilines is 1. The molecule has 0 amide bonds. The Balaban J connectivity index is 1.70. The number of rotatable bonds is 7. The van der Waals surface area contributed by atoms with Gasteiger partial charge in [0, 0.05) is 29.3 Å². The van der Waals surface area contributed by atoms with Gasteiger partial charge in [-0.1, -0.05) is 17.8 Å². The molecule has 8 heteroatoms. The number of carbonyl (C=O) groups is 1. The number of hydrogen-bond acceptors (Lipinski definition) is 5. The maximum atomic E-state index is 12.5. The summed E-state index contributed by atoms with van der Waals surface area (Å²) in [7, 11) is -3.34. The van der Waals surface area contributed by atoms with Crippen LogP contribution >= 0.6 is 11.8 Å². The van der Waals surface area contributed by atoms with E-state index in [0.717, 1.165) is 17.1 Å². The first kappa shape index (κ1) is 20.2. The molecule has 146 valence electrons. The Morgan fingerprint density at radius 3 is 2.36 bits per heavy atom. The molecule has 0 aliphatic heterocycles. The number of sulfonamides is 1. The number of carbonyl (C=O) groups excluding carboxylic acids is 1. The second-order valence-corrected chi connectivity index (χ2v) is 9.28. The van der Waals surface area contributed by atoms with Crippen LogP contribution in [0.4, 0.5) is 5.69 Å². The van der Waals surface area contributed by atoms with E-state index >= 15 is 0 Å². The van der Waals surface area contributed by atoms with Gasteiger partial charge in [-0.2, -0.15) is 0 Å². The van der Waals surface area contributed by atoms with Gasteiger partial charge in [-0.25, -0.2) is 13.4 Å². The Labute approximate surface area is 169 Å². The second-order valence-electron chi connectivity index (χ2n) is 6.59. The Morgan fingerprint density at radius 2 is 1.75 bits per heavy atom. The van der Waals surface area contributed by atoms with Crippen molar-refractivity contribution in [3.05, 3.63) is 71.5 Å². The van der Waals surface area contributed by atoms with Crippen molar-refractivity contribution in [1.29, 1.82) is 0 Å². The van der Waals surface area contributed by atoms with Crippen LogP contribution in [0.25, 0.3) is 5.69 Å². The van der Waals surface area contributed by atoms with Crippen molar-refractivity contribution in [2.75, 3.05) is 16.7 Å². The Bertz CT molecular complexity index is 1080. The molecular weight excluding hydrogens is 394 g/mol. The number of ketones is 1. The number of nitrogens with one attached hydrogen (secondary N) is 1. The maximum Gasteiger partial charge on any atom is 0.229 e. The summed E-state index contributed by atoms with van der Waals surface area (Å²) in [4.78, 5) is 16.9. The monoisotopic (exact) mass is 415 g/mol. The van der Waals surface area contributed by atoms with Crippen molar-refractivity contribution in [1.82, 2.24) is 9.55 Å². The first-order valence-electron chi connectivity index (χ1n) is 8.57. The van der Waals surface area contributed by atoms with E-state index in [0.29, 0.717) is 11.3 Å². The predicted octanol–water partition coefficient (Wildman–Crippen LogP) is 3.84. The molecule has 28 heavy (non-hydrogen) atoms. The predicted molar refractivity (Wildman–Crippen MR) is 113 cm³/mol. The lowest BCUT2D eigenvalue weighted by Gasteiger charge is -2.10. The van der Waals surface area contributed by atoms with Gasteiger partial charge in [-0.15, -0.1) is 0 Å². The highest BCUT2D eigenvalue weighted by Crippen LogP contribution is 2.23. The topological polar surface area (TPSA) is 81.1 Å². The number of aryl methyl sites for hydroxylation is 2. The molecular formula is C20H21N3O3S2. The molecule has 0 spiro atoms. The number of benzene rings is 2. The van der Waals surface area contributed by atoms with Crippen molar-refractivity contribution in [2.24, 2.45) is 0 Å². The number of Topliss-reactive ketones (excluding diaryl/α,β-unsaturated/α-hetero) is 1. The molecule has 1 N–H and O–H groups in total. The van der Waals surface area contributed by atoms with Gasteiger partial charge >= 0.3 is 0 Å². The average molecular weight is 416 g/mol. The first-order chi connectivity index (χ1) is 13.2. The molecule has 3 rings (SSSR count). The fourth-order valence-corrected chi connectivity index (χ4v) is 4.27. The highest BCUT2D eigenvalue weighted by molar-refractivity contribution is 7.99. The average Bonchev–Trinajstić information content (AvgIpc) is 3.06. The summed E-state index contributed by atoms with van der Waals surface area (Å²) in [6, 6.07) is 12.7. The van der Waals surface area contributed by atoms with E-state index in [1.54, 1.807) is 30.5 Å². The van der Waals surface area contributed by atoms with E-state index < -0.39 is 10.0 Å².